The molecule has 3 aliphatic carbocycles. The number of hydrogen-bond donors (Lipinski definition) is 4. The Labute approximate surface area is 370 Å². The lowest BCUT2D eigenvalue weighted by Gasteiger charge is -2.58. The fourth-order valence-electron chi connectivity index (χ4n) is 10.1. The fourth-order valence-corrected chi connectivity index (χ4v) is 10.1. The number of aryl methyl sites for hydroxylation is 2. The third-order valence-electron chi connectivity index (χ3n) is 13.3. The Morgan fingerprint density at radius 3 is 2.29 bits per heavy atom. The molecule has 4 N–H and O–H groups in total. The standard InChI is InChI=1S/C44H49F4N13O4/c1-24-31-22-50-42(56-39(31)61(28-6-4-5-7-28)41(65)37(24)25(2)62)55-34-11-8-29(21-49-34)60-14-12-59(13-15-60)23-36(63)51-26-17-43(18-26)19-27(20-43)52-38-30(9-10-33(45)53-38)40(64)54-35-16-32(44(46,47)48)58(3)57-35/h8-11,16,21-22,26-28H,4-7,12-15,17-20,23H2,1-3H3,(H,51,63)(H,52,53)(H,54,57,64)(H,49,50,55,56). The molecule has 0 bridgehead atoms. The van der Waals surface area contributed by atoms with Crippen LogP contribution in [0.5, 0.6) is 0 Å². The third-order valence-corrected chi connectivity index (χ3v) is 13.3. The van der Waals surface area contributed by atoms with Gasteiger partial charge in [0.2, 0.25) is 17.8 Å². The van der Waals surface area contributed by atoms with Gasteiger partial charge >= 0.3 is 6.18 Å². The molecule has 1 aliphatic heterocycles. The maximum atomic E-state index is 14.2. The molecule has 5 aromatic rings. The molecule has 4 fully saturated rings. The highest BCUT2D eigenvalue weighted by Crippen LogP contribution is 2.56. The van der Waals surface area contributed by atoms with Gasteiger partial charge in [-0.05, 0) is 87.6 Å². The Morgan fingerprint density at radius 2 is 1.63 bits per heavy atom. The van der Waals surface area contributed by atoms with Crippen molar-refractivity contribution < 1.29 is 31.9 Å². The van der Waals surface area contributed by atoms with E-state index in [1.54, 1.807) is 23.9 Å². The first-order chi connectivity index (χ1) is 31.0. The number of fused-ring (bicyclic) bond motifs is 1. The van der Waals surface area contributed by atoms with E-state index in [2.05, 4.69) is 51.1 Å². The van der Waals surface area contributed by atoms with Gasteiger partial charge in [0.1, 0.15) is 23.0 Å². The zero-order valence-electron chi connectivity index (χ0n) is 36.1. The summed E-state index contributed by atoms with van der Waals surface area (Å²) >= 11 is 0. The van der Waals surface area contributed by atoms with E-state index in [-0.39, 0.29) is 70.1 Å². The van der Waals surface area contributed by atoms with Crippen LogP contribution in [0.3, 0.4) is 0 Å². The van der Waals surface area contributed by atoms with Gasteiger partial charge in [-0.2, -0.15) is 27.6 Å². The van der Waals surface area contributed by atoms with E-state index in [1.165, 1.54) is 13.0 Å². The number of nitrogens with one attached hydrogen (secondary N) is 4. The highest BCUT2D eigenvalue weighted by molar-refractivity contribution is 6.07. The summed E-state index contributed by atoms with van der Waals surface area (Å²) in [4.78, 5) is 74.2. The number of ketones is 1. The molecule has 342 valence electrons. The highest BCUT2D eigenvalue weighted by Gasteiger charge is 2.53. The van der Waals surface area contributed by atoms with Crippen molar-refractivity contribution in [1.29, 1.82) is 0 Å². The van der Waals surface area contributed by atoms with Gasteiger partial charge < -0.3 is 26.2 Å². The Kier molecular flexibility index (Phi) is 11.5. The average molecular weight is 900 g/mol. The number of anilines is 5. The maximum absolute atomic E-state index is 14.2. The van der Waals surface area contributed by atoms with Crippen molar-refractivity contribution in [3.05, 3.63) is 81.4 Å². The van der Waals surface area contributed by atoms with Crippen LogP contribution < -0.4 is 31.7 Å². The van der Waals surface area contributed by atoms with Crippen LogP contribution in [0.25, 0.3) is 11.0 Å². The Balaban J connectivity index is 0.722. The zero-order valence-corrected chi connectivity index (χ0v) is 36.1. The molecule has 0 aromatic carbocycles. The molecule has 65 heavy (non-hydrogen) atoms. The summed E-state index contributed by atoms with van der Waals surface area (Å²) in [6.07, 6.45) is 5.57. The number of alkyl halides is 3. The van der Waals surface area contributed by atoms with E-state index in [9.17, 15) is 36.7 Å². The van der Waals surface area contributed by atoms with Crippen molar-refractivity contribution in [3.63, 3.8) is 0 Å². The SMILES string of the molecule is CC(=O)c1c(C)c2cnc(Nc3ccc(N4CCN(CC(=O)NC5CC6(C5)CC(Nc5nc(F)ccc5C(=O)Nc5cc(C(F)(F)F)n(C)n5)C6)CC4)cn3)nc2n(C2CCCC2)c1=O. The molecule has 21 heteroatoms. The normalized spacial score (nSPS) is 21.2. The lowest BCUT2D eigenvalue weighted by Crippen LogP contribution is -2.60. The molecule has 6 heterocycles. The number of hydrogen-bond acceptors (Lipinski definition) is 13. The second-order valence-electron chi connectivity index (χ2n) is 17.8. The number of aromatic nitrogens is 7. The van der Waals surface area contributed by atoms with Gasteiger partial charge in [-0.15, -0.1) is 0 Å². The molecule has 1 saturated heterocycles. The van der Waals surface area contributed by atoms with Crippen molar-refractivity contribution in [1.82, 2.24) is 44.5 Å². The quantitative estimate of drug-likeness (QED) is 0.0671. The van der Waals surface area contributed by atoms with E-state index in [4.69, 9.17) is 4.98 Å². The molecule has 9 rings (SSSR count). The van der Waals surface area contributed by atoms with E-state index in [0.717, 1.165) is 76.2 Å². The first kappa shape index (κ1) is 43.7. The van der Waals surface area contributed by atoms with Crippen LogP contribution in [0.15, 0.2) is 47.5 Å². The van der Waals surface area contributed by atoms with Crippen LogP contribution in [-0.4, -0.2) is 102 Å². The molecule has 4 aliphatic rings. The molecular formula is C44H49F4N13O4. The number of piperazine rings is 1. The minimum atomic E-state index is -4.65. The van der Waals surface area contributed by atoms with Gasteiger partial charge in [0, 0.05) is 69.0 Å². The van der Waals surface area contributed by atoms with E-state index < -0.39 is 23.7 Å². The largest absolute Gasteiger partial charge is 0.433 e. The van der Waals surface area contributed by atoms with Gasteiger partial charge in [0.25, 0.3) is 11.5 Å². The number of pyridine rings is 3. The summed E-state index contributed by atoms with van der Waals surface area (Å²) in [5, 5.41) is 16.2. The number of Topliss-reactive ketones (excluding diaryl/α,β-unsaturated/α-hetero) is 1. The molecule has 2 amide bonds. The van der Waals surface area contributed by atoms with Crippen molar-refractivity contribution in [2.45, 2.75) is 89.5 Å². The zero-order chi connectivity index (χ0) is 45.8. The first-order valence-electron chi connectivity index (χ1n) is 21.8. The van der Waals surface area contributed by atoms with Gasteiger partial charge in [-0.25, -0.2) is 15.0 Å². The van der Waals surface area contributed by atoms with Crippen LogP contribution in [0.4, 0.5) is 46.7 Å². The molecule has 17 nitrogen and oxygen atoms in total. The van der Waals surface area contributed by atoms with Crippen molar-refractivity contribution in [3.8, 4) is 0 Å². The van der Waals surface area contributed by atoms with Crippen molar-refractivity contribution in [2.24, 2.45) is 12.5 Å². The highest BCUT2D eigenvalue weighted by atomic mass is 19.4. The predicted octanol–water partition coefficient (Wildman–Crippen LogP) is 5.76. The van der Waals surface area contributed by atoms with Gasteiger partial charge in [-0.1, -0.05) is 12.8 Å². The predicted molar refractivity (Wildman–Crippen MR) is 233 cm³/mol. The van der Waals surface area contributed by atoms with E-state index in [1.807, 2.05) is 12.1 Å². The lowest BCUT2D eigenvalue weighted by atomic mass is 9.52. The molecule has 0 atom stereocenters. The van der Waals surface area contributed by atoms with Gasteiger partial charge in [-0.3, -0.25) is 33.3 Å². The maximum Gasteiger partial charge on any atom is 0.433 e. The van der Waals surface area contributed by atoms with Crippen LogP contribution in [0.2, 0.25) is 0 Å². The van der Waals surface area contributed by atoms with Crippen LogP contribution >= 0.6 is 0 Å². The number of carbonyl (C=O) groups is 3. The number of carbonyl (C=O) groups excluding carboxylic acids is 3. The monoisotopic (exact) mass is 899 g/mol. The molecule has 5 aromatic heterocycles. The summed E-state index contributed by atoms with van der Waals surface area (Å²) in [7, 11) is 1.12. The first-order valence-corrected chi connectivity index (χ1v) is 21.8. The summed E-state index contributed by atoms with van der Waals surface area (Å²) < 4.78 is 56.1. The van der Waals surface area contributed by atoms with E-state index in [0.29, 0.717) is 59.2 Å². The number of amides is 2. The van der Waals surface area contributed by atoms with Gasteiger partial charge in [0.05, 0.1) is 29.6 Å². The average Bonchev–Trinajstić information content (AvgIpc) is 3.89. The fraction of sp³-hybridized carbons (Fsp3) is 0.477. The summed E-state index contributed by atoms with van der Waals surface area (Å²) in [5.41, 5.74) is 0.868. The second kappa shape index (κ2) is 17.1. The van der Waals surface area contributed by atoms with Crippen LogP contribution in [0.1, 0.15) is 96.3 Å². The molecular weight excluding hydrogens is 851 g/mol. The minimum absolute atomic E-state index is 0.00802. The molecule has 1 spiro atoms. The number of rotatable bonds is 12. The summed E-state index contributed by atoms with van der Waals surface area (Å²) in [5.74, 6) is -1.36. The number of nitrogens with zero attached hydrogens (tertiary/aromatic N) is 9. The Hall–Kier alpha value is -6.51. The Morgan fingerprint density at radius 1 is 0.908 bits per heavy atom. The topological polar surface area (TPSA) is 197 Å². The summed E-state index contributed by atoms with van der Waals surface area (Å²) in [6, 6.07) is 6.68. The third kappa shape index (κ3) is 8.97. The molecule has 0 unspecified atom stereocenters. The van der Waals surface area contributed by atoms with Crippen molar-refractivity contribution in [2.75, 3.05) is 53.6 Å². The summed E-state index contributed by atoms with van der Waals surface area (Å²) in [6.45, 7) is 6.27. The van der Waals surface area contributed by atoms with Crippen LogP contribution in [-0.2, 0) is 18.0 Å². The smallest absolute Gasteiger partial charge is 0.368 e. The Bertz CT molecular complexity index is 2710. The molecule has 3 saturated carbocycles. The molecule has 0 radical (unpaired) electrons. The van der Waals surface area contributed by atoms with Crippen LogP contribution in [0, 0.1) is 18.3 Å². The van der Waals surface area contributed by atoms with Crippen molar-refractivity contribution >= 4 is 57.7 Å². The lowest BCUT2D eigenvalue weighted by molar-refractivity contribution is -0.143. The number of halogens is 4. The van der Waals surface area contributed by atoms with E-state index >= 15 is 0 Å². The van der Waals surface area contributed by atoms with Gasteiger partial charge in [0.15, 0.2) is 11.6 Å². The second-order valence-corrected chi connectivity index (χ2v) is 17.8. The minimum Gasteiger partial charge on any atom is -0.368 e.